The molecule has 3 nitrogen and oxygen atoms in total. The number of benzene rings is 1. The smallest absolute Gasteiger partial charge is 0.132 e. The maximum atomic E-state index is 9.67. The molecule has 0 spiro atoms. The maximum absolute atomic E-state index is 9.67. The van der Waals surface area contributed by atoms with E-state index in [1.807, 2.05) is 12.1 Å². The van der Waals surface area contributed by atoms with Crippen LogP contribution in [0.25, 0.3) is 0 Å². The summed E-state index contributed by atoms with van der Waals surface area (Å²) in [6, 6.07) is 5.66. The molecule has 1 aliphatic rings. The van der Waals surface area contributed by atoms with Gasteiger partial charge < -0.3 is 10.4 Å². The van der Waals surface area contributed by atoms with Gasteiger partial charge >= 0.3 is 0 Å². The van der Waals surface area contributed by atoms with Gasteiger partial charge in [-0.2, -0.15) is 0 Å². The minimum Gasteiger partial charge on any atom is -0.507 e. The normalized spacial score (nSPS) is 15.1. The molecule has 0 saturated heterocycles. The number of hydrogen-bond donors (Lipinski definition) is 2. The summed E-state index contributed by atoms with van der Waals surface area (Å²) in [5, 5.41) is 12.8. The van der Waals surface area contributed by atoms with E-state index in [0.717, 1.165) is 30.9 Å². The number of aromatic hydroxyl groups is 1. The van der Waals surface area contributed by atoms with Crippen molar-refractivity contribution in [3.8, 4) is 5.75 Å². The van der Waals surface area contributed by atoms with Gasteiger partial charge in [0.2, 0.25) is 0 Å². The topological polar surface area (TPSA) is 44.6 Å². The lowest BCUT2D eigenvalue weighted by atomic mass is 10.1. The first-order valence-corrected chi connectivity index (χ1v) is 4.92. The van der Waals surface area contributed by atoms with E-state index in [2.05, 4.69) is 17.2 Å². The zero-order chi connectivity index (χ0) is 9.97. The van der Waals surface area contributed by atoms with Crippen molar-refractivity contribution >= 4 is 5.84 Å². The Morgan fingerprint density at radius 2 is 2.36 bits per heavy atom. The zero-order valence-electron chi connectivity index (χ0n) is 8.25. The number of rotatable bonds is 2. The molecule has 0 unspecified atom stereocenters. The molecule has 2 rings (SSSR count). The van der Waals surface area contributed by atoms with Gasteiger partial charge in [0.05, 0.1) is 12.1 Å². The third-order valence-corrected chi connectivity index (χ3v) is 2.40. The Balaban J connectivity index is 2.40. The molecule has 1 aliphatic heterocycles. The summed E-state index contributed by atoms with van der Waals surface area (Å²) in [5.41, 5.74) is 2.04. The predicted octanol–water partition coefficient (Wildman–Crippen LogP) is 1.30. The standard InChI is InChI=1S/C11H14N2O/c1-2-8-3-4-10(14)9(7-8)11-12-5-6-13-11/h3-4,7,14H,2,5-6H2,1H3,(H,12,13). The van der Waals surface area contributed by atoms with Crippen LogP contribution in [0.3, 0.4) is 0 Å². The number of hydrogen-bond acceptors (Lipinski definition) is 3. The van der Waals surface area contributed by atoms with Crippen molar-refractivity contribution in [2.24, 2.45) is 4.99 Å². The van der Waals surface area contributed by atoms with Gasteiger partial charge in [0.1, 0.15) is 11.6 Å². The lowest BCUT2D eigenvalue weighted by molar-refractivity contribution is 0.473. The molecule has 74 valence electrons. The van der Waals surface area contributed by atoms with E-state index in [-0.39, 0.29) is 0 Å². The first-order chi connectivity index (χ1) is 6.81. The minimum atomic E-state index is 0.301. The lowest BCUT2D eigenvalue weighted by Crippen LogP contribution is -2.19. The lowest BCUT2D eigenvalue weighted by Gasteiger charge is -2.06. The largest absolute Gasteiger partial charge is 0.507 e. The number of nitrogens with one attached hydrogen (secondary N) is 1. The highest BCUT2D eigenvalue weighted by Gasteiger charge is 2.12. The van der Waals surface area contributed by atoms with E-state index in [9.17, 15) is 5.11 Å². The summed E-state index contributed by atoms with van der Waals surface area (Å²) in [6.07, 6.45) is 0.973. The van der Waals surface area contributed by atoms with E-state index < -0.39 is 0 Å². The molecule has 3 heteroatoms. The predicted molar refractivity (Wildman–Crippen MR) is 56.9 cm³/mol. The zero-order valence-corrected chi connectivity index (χ0v) is 8.25. The van der Waals surface area contributed by atoms with Crippen molar-refractivity contribution < 1.29 is 5.11 Å². The third kappa shape index (κ3) is 1.58. The Hall–Kier alpha value is -1.51. The first kappa shape index (κ1) is 9.06. The molecule has 0 saturated carbocycles. The molecule has 1 aromatic rings. The fourth-order valence-electron chi connectivity index (χ4n) is 1.57. The highest BCUT2D eigenvalue weighted by molar-refractivity contribution is 6.02. The van der Waals surface area contributed by atoms with Crippen LogP contribution in [0.5, 0.6) is 5.75 Å². The molecule has 0 bridgehead atoms. The summed E-state index contributed by atoms with van der Waals surface area (Å²) in [5.74, 6) is 1.12. The number of phenols is 1. The van der Waals surface area contributed by atoms with Gasteiger partial charge in [-0.3, -0.25) is 4.99 Å². The molecule has 0 aliphatic carbocycles. The molecule has 1 heterocycles. The summed E-state index contributed by atoms with van der Waals surface area (Å²) < 4.78 is 0. The molecular weight excluding hydrogens is 176 g/mol. The molecule has 0 amide bonds. The van der Waals surface area contributed by atoms with Crippen LogP contribution in [0, 0.1) is 0 Å². The number of aryl methyl sites for hydroxylation is 1. The van der Waals surface area contributed by atoms with Gasteiger partial charge in [0.25, 0.3) is 0 Å². The Kier molecular flexibility index (Phi) is 2.39. The third-order valence-electron chi connectivity index (χ3n) is 2.40. The fourth-order valence-corrected chi connectivity index (χ4v) is 1.57. The molecule has 1 aromatic carbocycles. The van der Waals surface area contributed by atoms with Gasteiger partial charge in [-0.15, -0.1) is 0 Å². The molecule has 2 N–H and O–H groups in total. The second-order valence-electron chi connectivity index (χ2n) is 3.36. The Bertz CT molecular complexity index is 372. The van der Waals surface area contributed by atoms with Crippen LogP contribution in [0.15, 0.2) is 23.2 Å². The Morgan fingerprint density at radius 1 is 1.50 bits per heavy atom. The van der Waals surface area contributed by atoms with Crippen molar-refractivity contribution in [1.29, 1.82) is 0 Å². The first-order valence-electron chi connectivity index (χ1n) is 4.92. The molecular formula is C11H14N2O. The summed E-state index contributed by atoms with van der Waals surface area (Å²) in [7, 11) is 0. The van der Waals surface area contributed by atoms with Crippen molar-refractivity contribution in [1.82, 2.24) is 5.32 Å². The fraction of sp³-hybridized carbons (Fsp3) is 0.364. The van der Waals surface area contributed by atoms with E-state index in [1.165, 1.54) is 5.56 Å². The van der Waals surface area contributed by atoms with E-state index in [0.29, 0.717) is 5.75 Å². The van der Waals surface area contributed by atoms with E-state index in [4.69, 9.17) is 0 Å². The minimum absolute atomic E-state index is 0.301. The Morgan fingerprint density at radius 3 is 3.00 bits per heavy atom. The van der Waals surface area contributed by atoms with Crippen molar-refractivity contribution in [2.45, 2.75) is 13.3 Å². The Labute approximate surface area is 83.5 Å². The summed E-state index contributed by atoms with van der Waals surface area (Å²) in [6.45, 7) is 3.76. The van der Waals surface area contributed by atoms with Crippen LogP contribution in [-0.2, 0) is 6.42 Å². The van der Waals surface area contributed by atoms with Gasteiger partial charge in [-0.1, -0.05) is 13.0 Å². The van der Waals surface area contributed by atoms with Crippen molar-refractivity contribution in [3.05, 3.63) is 29.3 Å². The monoisotopic (exact) mass is 190 g/mol. The quantitative estimate of drug-likeness (QED) is 0.738. The van der Waals surface area contributed by atoms with Crippen LogP contribution in [0.4, 0.5) is 0 Å². The van der Waals surface area contributed by atoms with Gasteiger partial charge in [0, 0.05) is 6.54 Å². The number of amidine groups is 1. The number of aliphatic imine (C=N–C) groups is 1. The average Bonchev–Trinajstić information content (AvgIpc) is 2.71. The van der Waals surface area contributed by atoms with Crippen LogP contribution in [0.2, 0.25) is 0 Å². The van der Waals surface area contributed by atoms with E-state index >= 15 is 0 Å². The molecule has 0 aromatic heterocycles. The molecule has 14 heavy (non-hydrogen) atoms. The highest BCUT2D eigenvalue weighted by Crippen LogP contribution is 2.19. The molecule has 0 fully saturated rings. The van der Waals surface area contributed by atoms with Gasteiger partial charge in [0.15, 0.2) is 0 Å². The SMILES string of the molecule is CCc1ccc(O)c(C2=NCCN2)c1. The van der Waals surface area contributed by atoms with Gasteiger partial charge in [-0.05, 0) is 24.1 Å². The molecule has 0 radical (unpaired) electrons. The van der Waals surface area contributed by atoms with Crippen LogP contribution < -0.4 is 5.32 Å². The second kappa shape index (κ2) is 3.70. The van der Waals surface area contributed by atoms with Crippen molar-refractivity contribution in [3.63, 3.8) is 0 Å². The van der Waals surface area contributed by atoms with Gasteiger partial charge in [-0.25, -0.2) is 0 Å². The van der Waals surface area contributed by atoms with E-state index in [1.54, 1.807) is 6.07 Å². The summed E-state index contributed by atoms with van der Waals surface area (Å²) in [4.78, 5) is 4.29. The number of nitrogens with zero attached hydrogens (tertiary/aromatic N) is 1. The highest BCUT2D eigenvalue weighted by atomic mass is 16.3. The van der Waals surface area contributed by atoms with Crippen LogP contribution in [0.1, 0.15) is 18.1 Å². The second-order valence-corrected chi connectivity index (χ2v) is 3.36. The summed E-state index contributed by atoms with van der Waals surface area (Å²) >= 11 is 0. The van der Waals surface area contributed by atoms with Crippen molar-refractivity contribution in [2.75, 3.05) is 13.1 Å². The maximum Gasteiger partial charge on any atom is 0.132 e. The van der Waals surface area contributed by atoms with Crippen LogP contribution in [-0.4, -0.2) is 24.0 Å². The molecule has 0 atom stereocenters. The van der Waals surface area contributed by atoms with Crippen LogP contribution >= 0.6 is 0 Å². The number of phenolic OH excluding ortho intramolecular Hbond substituents is 1. The average molecular weight is 190 g/mol.